The number of rotatable bonds is 3. The maximum atomic E-state index is 12.3. The second-order valence-corrected chi connectivity index (χ2v) is 6.12. The molecule has 2 aromatic heterocycles. The average molecular weight is 377 g/mol. The maximum absolute atomic E-state index is 12.3. The van der Waals surface area contributed by atoms with Crippen molar-refractivity contribution in [3.8, 4) is 0 Å². The highest BCUT2D eigenvalue weighted by atomic mass is 16.3. The predicted octanol–water partition coefficient (Wildman–Crippen LogP) is 1.31. The van der Waals surface area contributed by atoms with Crippen LogP contribution in [0.15, 0.2) is 57.7 Å². The van der Waals surface area contributed by atoms with E-state index in [9.17, 15) is 14.4 Å². The third-order valence-electron chi connectivity index (χ3n) is 4.29. The Bertz CT molecular complexity index is 1270. The summed E-state index contributed by atoms with van der Waals surface area (Å²) in [4.78, 5) is 36.8. The molecule has 0 atom stereocenters. The molecule has 0 spiro atoms. The first-order valence-electron chi connectivity index (χ1n) is 8.44. The Morgan fingerprint density at radius 1 is 1.04 bits per heavy atom. The first-order chi connectivity index (χ1) is 13.5. The summed E-state index contributed by atoms with van der Waals surface area (Å²) in [6.45, 7) is 1.36. The predicted molar refractivity (Wildman–Crippen MR) is 100 cm³/mol. The number of hydrogen-bond acceptors (Lipinski definition) is 6. The van der Waals surface area contributed by atoms with E-state index < -0.39 is 23.9 Å². The van der Waals surface area contributed by atoms with Gasteiger partial charge < -0.3 is 4.42 Å². The van der Waals surface area contributed by atoms with Crippen molar-refractivity contribution in [1.82, 2.24) is 25.8 Å². The van der Waals surface area contributed by atoms with E-state index in [-0.39, 0.29) is 5.76 Å². The van der Waals surface area contributed by atoms with Crippen LogP contribution in [-0.4, -0.2) is 26.8 Å². The Labute approximate surface area is 157 Å². The summed E-state index contributed by atoms with van der Waals surface area (Å²) in [5.41, 5.74) is 5.77. The largest absolute Gasteiger partial charge is 0.451 e. The van der Waals surface area contributed by atoms with Crippen LogP contribution in [0.2, 0.25) is 0 Å². The molecular weight excluding hydrogens is 362 g/mol. The number of benzene rings is 2. The normalized spacial score (nSPS) is 10.9. The van der Waals surface area contributed by atoms with Crippen LogP contribution in [0.4, 0.5) is 0 Å². The second kappa shape index (κ2) is 6.95. The molecule has 9 nitrogen and oxygen atoms in total. The lowest BCUT2D eigenvalue weighted by Gasteiger charge is -2.07. The highest BCUT2D eigenvalue weighted by Gasteiger charge is 2.18. The van der Waals surface area contributed by atoms with E-state index in [0.29, 0.717) is 22.0 Å². The van der Waals surface area contributed by atoms with Crippen LogP contribution < -0.4 is 16.4 Å². The smallest absolute Gasteiger partial charge is 0.305 e. The number of furan rings is 1. The lowest BCUT2D eigenvalue weighted by Crippen LogP contribution is -2.44. The van der Waals surface area contributed by atoms with E-state index >= 15 is 0 Å². The van der Waals surface area contributed by atoms with Crippen molar-refractivity contribution in [3.05, 3.63) is 70.2 Å². The molecule has 0 saturated heterocycles. The van der Waals surface area contributed by atoms with Gasteiger partial charge in [0.1, 0.15) is 17.6 Å². The minimum atomic E-state index is -0.631. The highest BCUT2D eigenvalue weighted by molar-refractivity contribution is 5.99. The van der Waals surface area contributed by atoms with Gasteiger partial charge in [0, 0.05) is 10.9 Å². The van der Waals surface area contributed by atoms with E-state index in [4.69, 9.17) is 4.42 Å². The summed E-state index contributed by atoms with van der Waals surface area (Å²) in [6.07, 6.45) is 0. The van der Waals surface area contributed by atoms with Gasteiger partial charge in [0.15, 0.2) is 5.76 Å². The quantitative estimate of drug-likeness (QED) is 0.520. The minimum Gasteiger partial charge on any atom is -0.451 e. The molecule has 0 aliphatic carbocycles. The van der Waals surface area contributed by atoms with Crippen LogP contribution in [-0.2, 0) is 11.3 Å². The molecule has 28 heavy (non-hydrogen) atoms. The first kappa shape index (κ1) is 17.4. The van der Waals surface area contributed by atoms with E-state index in [2.05, 4.69) is 21.2 Å². The maximum Gasteiger partial charge on any atom is 0.305 e. The minimum absolute atomic E-state index is 0.101. The lowest BCUT2D eigenvalue weighted by molar-refractivity contribution is -0.122. The molecule has 0 aliphatic heterocycles. The third kappa shape index (κ3) is 3.09. The van der Waals surface area contributed by atoms with E-state index in [0.717, 1.165) is 10.1 Å². The number of para-hydroxylation sites is 1. The molecule has 2 aromatic carbocycles. The molecule has 0 radical (unpaired) electrons. The van der Waals surface area contributed by atoms with E-state index in [1.165, 1.54) is 0 Å². The average Bonchev–Trinajstić information content (AvgIpc) is 3.05. The van der Waals surface area contributed by atoms with Gasteiger partial charge in [-0.3, -0.25) is 25.2 Å². The molecule has 0 aliphatic rings. The molecule has 2 amide bonds. The van der Waals surface area contributed by atoms with Crippen LogP contribution in [0, 0.1) is 6.92 Å². The standard InChI is InChI=1S/C19H15N5O4/c1-11-12-6-3-5-9-15(12)28-17(11)18(26)22-21-16(25)10-24-19(27)13-7-2-4-8-14(13)20-23-24/h2-9H,10H2,1H3,(H,21,25)(H,22,26). The van der Waals surface area contributed by atoms with Gasteiger partial charge >= 0.3 is 5.91 Å². The summed E-state index contributed by atoms with van der Waals surface area (Å²) >= 11 is 0. The number of hydrogen-bond donors (Lipinski definition) is 2. The van der Waals surface area contributed by atoms with Crippen LogP contribution in [0.3, 0.4) is 0 Å². The number of aromatic nitrogens is 3. The number of hydrazine groups is 1. The van der Waals surface area contributed by atoms with Crippen LogP contribution in [0.5, 0.6) is 0 Å². The number of carbonyl (C=O) groups excluding carboxylic acids is 2. The summed E-state index contributed by atoms with van der Waals surface area (Å²) in [7, 11) is 0. The van der Waals surface area contributed by atoms with Crippen molar-refractivity contribution in [1.29, 1.82) is 0 Å². The zero-order valence-electron chi connectivity index (χ0n) is 14.8. The van der Waals surface area contributed by atoms with Crippen molar-refractivity contribution in [3.63, 3.8) is 0 Å². The zero-order valence-corrected chi connectivity index (χ0v) is 14.8. The topological polar surface area (TPSA) is 119 Å². The Morgan fingerprint density at radius 3 is 2.54 bits per heavy atom. The molecule has 0 bridgehead atoms. The fraction of sp³-hybridized carbons (Fsp3) is 0.105. The van der Waals surface area contributed by atoms with Gasteiger partial charge in [-0.25, -0.2) is 4.68 Å². The van der Waals surface area contributed by atoms with Crippen molar-refractivity contribution < 1.29 is 14.0 Å². The molecule has 4 aromatic rings. The molecule has 9 heteroatoms. The fourth-order valence-corrected chi connectivity index (χ4v) is 2.88. The Hall–Kier alpha value is -4.01. The zero-order chi connectivity index (χ0) is 19.7. The monoisotopic (exact) mass is 377 g/mol. The van der Waals surface area contributed by atoms with Crippen LogP contribution >= 0.6 is 0 Å². The second-order valence-electron chi connectivity index (χ2n) is 6.12. The highest BCUT2D eigenvalue weighted by Crippen LogP contribution is 2.24. The van der Waals surface area contributed by atoms with Gasteiger partial charge in [0.25, 0.3) is 11.5 Å². The Morgan fingerprint density at radius 2 is 1.75 bits per heavy atom. The third-order valence-corrected chi connectivity index (χ3v) is 4.29. The van der Waals surface area contributed by atoms with Crippen molar-refractivity contribution >= 4 is 33.7 Å². The molecule has 0 saturated carbocycles. The molecule has 2 N–H and O–H groups in total. The number of amides is 2. The SMILES string of the molecule is Cc1c(C(=O)NNC(=O)Cn2nnc3ccccc3c2=O)oc2ccccc12. The number of nitrogens with zero attached hydrogens (tertiary/aromatic N) is 3. The summed E-state index contributed by atoms with van der Waals surface area (Å²) in [5, 5.41) is 8.81. The molecule has 4 rings (SSSR count). The Balaban J connectivity index is 1.46. The van der Waals surface area contributed by atoms with Crippen LogP contribution in [0.25, 0.3) is 21.9 Å². The molecule has 0 fully saturated rings. The molecular formula is C19H15N5O4. The van der Waals surface area contributed by atoms with Crippen molar-refractivity contribution in [2.75, 3.05) is 0 Å². The van der Waals surface area contributed by atoms with Crippen LogP contribution in [0.1, 0.15) is 16.1 Å². The lowest BCUT2D eigenvalue weighted by atomic mass is 10.1. The molecule has 0 unspecified atom stereocenters. The van der Waals surface area contributed by atoms with Crippen molar-refractivity contribution in [2.45, 2.75) is 13.5 Å². The van der Waals surface area contributed by atoms with E-state index in [1.54, 1.807) is 43.3 Å². The van der Waals surface area contributed by atoms with Gasteiger partial charge in [0.2, 0.25) is 0 Å². The van der Waals surface area contributed by atoms with Gasteiger partial charge in [-0.1, -0.05) is 35.5 Å². The number of fused-ring (bicyclic) bond motifs is 2. The Kier molecular flexibility index (Phi) is 4.32. The summed E-state index contributed by atoms with van der Waals surface area (Å²) < 4.78 is 6.46. The van der Waals surface area contributed by atoms with Gasteiger partial charge in [-0.15, -0.1) is 5.10 Å². The number of aryl methyl sites for hydroxylation is 1. The number of carbonyl (C=O) groups is 2. The summed E-state index contributed by atoms with van der Waals surface area (Å²) in [5.74, 6) is -1.13. The first-order valence-corrected chi connectivity index (χ1v) is 8.44. The molecule has 140 valence electrons. The van der Waals surface area contributed by atoms with E-state index in [1.807, 2.05) is 12.1 Å². The van der Waals surface area contributed by atoms with Crippen molar-refractivity contribution in [2.24, 2.45) is 0 Å². The van der Waals surface area contributed by atoms with Gasteiger partial charge in [-0.05, 0) is 25.1 Å². The van der Waals surface area contributed by atoms with Gasteiger partial charge in [0.05, 0.1) is 5.39 Å². The fourth-order valence-electron chi connectivity index (χ4n) is 2.88. The van der Waals surface area contributed by atoms with Gasteiger partial charge in [-0.2, -0.15) is 0 Å². The summed E-state index contributed by atoms with van der Waals surface area (Å²) in [6, 6.07) is 13.9. The number of nitrogens with one attached hydrogen (secondary N) is 2. The molecule has 2 heterocycles.